The fourth-order valence-electron chi connectivity index (χ4n) is 1.15. The van der Waals surface area contributed by atoms with Gasteiger partial charge in [0.05, 0.1) is 5.02 Å². The van der Waals surface area contributed by atoms with E-state index in [0.29, 0.717) is 10.9 Å². The molecule has 0 spiro atoms. The Bertz CT molecular complexity index is 299. The smallest absolute Gasteiger partial charge is 0.134 e. The van der Waals surface area contributed by atoms with E-state index in [2.05, 4.69) is 0 Å². The van der Waals surface area contributed by atoms with Crippen molar-refractivity contribution >= 4 is 11.6 Å². The molecule has 3 N–H and O–H groups in total. The summed E-state index contributed by atoms with van der Waals surface area (Å²) < 4.78 is 0. The van der Waals surface area contributed by atoms with Crippen LogP contribution in [0, 0.1) is 5.92 Å². The Morgan fingerprint density at radius 1 is 1.38 bits per heavy atom. The number of phenolic OH excluding ortho intramolecular Hbond substituents is 1. The molecule has 0 fully saturated rings. The molecular formula is C10H14ClNO. The maximum atomic E-state index is 9.34. The summed E-state index contributed by atoms with van der Waals surface area (Å²) in [6.07, 6.45) is 0. The van der Waals surface area contributed by atoms with Crippen molar-refractivity contribution in [1.82, 2.24) is 0 Å². The van der Waals surface area contributed by atoms with Crippen molar-refractivity contribution in [1.29, 1.82) is 0 Å². The Hall–Kier alpha value is -0.730. The first-order valence-electron chi connectivity index (χ1n) is 4.27. The fourth-order valence-corrected chi connectivity index (χ4v) is 1.41. The number of phenols is 1. The highest BCUT2D eigenvalue weighted by molar-refractivity contribution is 6.32. The minimum atomic E-state index is -0.125. The predicted molar refractivity (Wildman–Crippen MR) is 54.9 cm³/mol. The molecule has 0 saturated carbocycles. The Balaban J connectivity index is 3.07. The van der Waals surface area contributed by atoms with Gasteiger partial charge in [-0.2, -0.15) is 0 Å². The van der Waals surface area contributed by atoms with Crippen LogP contribution in [-0.2, 0) is 0 Å². The molecule has 0 radical (unpaired) electrons. The average molecular weight is 200 g/mol. The third kappa shape index (κ3) is 2.14. The van der Waals surface area contributed by atoms with Crippen LogP contribution in [0.25, 0.3) is 0 Å². The zero-order valence-electron chi connectivity index (χ0n) is 7.79. The first kappa shape index (κ1) is 10.4. The lowest BCUT2D eigenvalue weighted by molar-refractivity contribution is 0.469. The molecule has 0 aliphatic rings. The number of benzene rings is 1. The summed E-state index contributed by atoms with van der Waals surface area (Å²) in [5, 5.41) is 9.71. The molecule has 1 rings (SSSR count). The summed E-state index contributed by atoms with van der Waals surface area (Å²) in [7, 11) is 0. The number of halogens is 1. The first-order chi connectivity index (χ1) is 6.04. The standard InChI is InChI=1S/C10H14ClNO/c1-6(2)10(12)7-4-3-5-8(13)9(7)11/h3-6,10,13H,12H2,1-2H3/t10-/m0/s1. The van der Waals surface area contributed by atoms with Gasteiger partial charge >= 0.3 is 0 Å². The first-order valence-corrected chi connectivity index (χ1v) is 4.64. The maximum absolute atomic E-state index is 9.34. The van der Waals surface area contributed by atoms with Gasteiger partial charge in [0.2, 0.25) is 0 Å². The number of aromatic hydroxyl groups is 1. The van der Waals surface area contributed by atoms with Gasteiger partial charge < -0.3 is 10.8 Å². The predicted octanol–water partition coefficient (Wildman–Crippen LogP) is 2.70. The minimum absolute atomic E-state index is 0.0928. The van der Waals surface area contributed by atoms with E-state index < -0.39 is 0 Å². The van der Waals surface area contributed by atoms with Crippen LogP contribution in [0.2, 0.25) is 5.02 Å². The zero-order chi connectivity index (χ0) is 10.0. The van der Waals surface area contributed by atoms with Crippen LogP contribution in [0.3, 0.4) is 0 Å². The van der Waals surface area contributed by atoms with Gasteiger partial charge in [-0.25, -0.2) is 0 Å². The summed E-state index contributed by atoms with van der Waals surface area (Å²) in [5.74, 6) is 0.398. The molecule has 0 aromatic heterocycles. The monoisotopic (exact) mass is 199 g/mol. The highest BCUT2D eigenvalue weighted by Crippen LogP contribution is 2.32. The van der Waals surface area contributed by atoms with E-state index in [-0.39, 0.29) is 11.8 Å². The van der Waals surface area contributed by atoms with Crippen LogP contribution in [-0.4, -0.2) is 5.11 Å². The number of hydrogen-bond donors (Lipinski definition) is 2. The second kappa shape index (κ2) is 3.99. The van der Waals surface area contributed by atoms with Crippen molar-refractivity contribution < 1.29 is 5.11 Å². The van der Waals surface area contributed by atoms with Crippen molar-refractivity contribution in [2.24, 2.45) is 11.7 Å². The highest BCUT2D eigenvalue weighted by atomic mass is 35.5. The van der Waals surface area contributed by atoms with Gasteiger partial charge in [0.1, 0.15) is 5.75 Å². The third-order valence-corrected chi connectivity index (χ3v) is 2.50. The highest BCUT2D eigenvalue weighted by Gasteiger charge is 2.15. The SMILES string of the molecule is CC(C)[C@H](N)c1cccc(O)c1Cl. The van der Waals surface area contributed by atoms with Crippen molar-refractivity contribution in [3.63, 3.8) is 0 Å². The van der Waals surface area contributed by atoms with Crippen molar-refractivity contribution in [3.05, 3.63) is 28.8 Å². The van der Waals surface area contributed by atoms with Crippen molar-refractivity contribution in [3.8, 4) is 5.75 Å². The van der Waals surface area contributed by atoms with Gasteiger partial charge in [-0.05, 0) is 17.5 Å². The molecule has 0 bridgehead atoms. The summed E-state index contributed by atoms with van der Waals surface area (Å²) in [6, 6.07) is 5.02. The molecule has 0 saturated heterocycles. The molecule has 72 valence electrons. The number of rotatable bonds is 2. The second-order valence-corrected chi connectivity index (χ2v) is 3.83. The topological polar surface area (TPSA) is 46.2 Å². The van der Waals surface area contributed by atoms with E-state index in [9.17, 15) is 5.11 Å². The third-order valence-electron chi connectivity index (χ3n) is 2.09. The van der Waals surface area contributed by atoms with Gasteiger partial charge in [0, 0.05) is 6.04 Å². The lowest BCUT2D eigenvalue weighted by Crippen LogP contribution is -2.16. The van der Waals surface area contributed by atoms with E-state index in [0.717, 1.165) is 5.56 Å². The Morgan fingerprint density at radius 2 is 2.00 bits per heavy atom. The van der Waals surface area contributed by atoms with Crippen LogP contribution in [0.1, 0.15) is 25.5 Å². The minimum Gasteiger partial charge on any atom is -0.506 e. The molecular weight excluding hydrogens is 186 g/mol. The zero-order valence-corrected chi connectivity index (χ0v) is 8.55. The van der Waals surface area contributed by atoms with Crippen molar-refractivity contribution in [2.45, 2.75) is 19.9 Å². The Kier molecular flexibility index (Phi) is 3.17. The van der Waals surface area contributed by atoms with E-state index in [1.165, 1.54) is 0 Å². The lowest BCUT2D eigenvalue weighted by atomic mass is 9.97. The van der Waals surface area contributed by atoms with Gasteiger partial charge in [0.25, 0.3) is 0 Å². The Labute approximate surface area is 83.3 Å². The molecule has 0 amide bonds. The summed E-state index contributed by atoms with van der Waals surface area (Å²) in [6.45, 7) is 4.04. The summed E-state index contributed by atoms with van der Waals surface area (Å²) in [5.41, 5.74) is 6.71. The normalized spacial score (nSPS) is 13.3. The van der Waals surface area contributed by atoms with E-state index >= 15 is 0 Å². The van der Waals surface area contributed by atoms with Gasteiger partial charge in [-0.15, -0.1) is 0 Å². The summed E-state index contributed by atoms with van der Waals surface area (Å²) in [4.78, 5) is 0. The second-order valence-electron chi connectivity index (χ2n) is 3.45. The van der Waals surface area contributed by atoms with E-state index in [1.807, 2.05) is 19.9 Å². The van der Waals surface area contributed by atoms with Gasteiger partial charge in [-0.3, -0.25) is 0 Å². The molecule has 3 heteroatoms. The van der Waals surface area contributed by atoms with E-state index in [1.54, 1.807) is 12.1 Å². The molecule has 2 nitrogen and oxygen atoms in total. The van der Waals surface area contributed by atoms with Crippen molar-refractivity contribution in [2.75, 3.05) is 0 Å². The van der Waals surface area contributed by atoms with Crippen LogP contribution in [0.15, 0.2) is 18.2 Å². The molecule has 1 aromatic rings. The van der Waals surface area contributed by atoms with Crippen LogP contribution < -0.4 is 5.73 Å². The van der Waals surface area contributed by atoms with Crippen LogP contribution in [0.4, 0.5) is 0 Å². The fraction of sp³-hybridized carbons (Fsp3) is 0.400. The molecule has 0 unspecified atom stereocenters. The number of nitrogens with two attached hydrogens (primary N) is 1. The molecule has 1 aromatic carbocycles. The summed E-state index contributed by atoms with van der Waals surface area (Å²) >= 11 is 5.90. The molecule has 0 aliphatic carbocycles. The van der Waals surface area contributed by atoms with E-state index in [4.69, 9.17) is 17.3 Å². The molecule has 0 aliphatic heterocycles. The van der Waals surface area contributed by atoms with Crippen LogP contribution in [0.5, 0.6) is 5.75 Å². The molecule has 0 heterocycles. The lowest BCUT2D eigenvalue weighted by Gasteiger charge is -2.17. The molecule has 13 heavy (non-hydrogen) atoms. The molecule has 1 atom stereocenters. The average Bonchev–Trinajstić information content (AvgIpc) is 2.08. The largest absolute Gasteiger partial charge is 0.506 e. The van der Waals surface area contributed by atoms with Gasteiger partial charge in [0.15, 0.2) is 0 Å². The number of hydrogen-bond acceptors (Lipinski definition) is 2. The van der Waals surface area contributed by atoms with Crippen LogP contribution >= 0.6 is 11.6 Å². The Morgan fingerprint density at radius 3 is 2.54 bits per heavy atom. The maximum Gasteiger partial charge on any atom is 0.134 e. The van der Waals surface area contributed by atoms with Gasteiger partial charge in [-0.1, -0.05) is 37.6 Å². The quantitative estimate of drug-likeness (QED) is 0.770.